The molecule has 1 aromatic carbocycles. The molecule has 7 heteroatoms. The Kier molecular flexibility index (Phi) is 5.96. The Morgan fingerprint density at radius 3 is 2.57 bits per heavy atom. The highest BCUT2D eigenvalue weighted by Gasteiger charge is 2.21. The number of halogens is 2. The van der Waals surface area contributed by atoms with Gasteiger partial charge in [0, 0.05) is 11.6 Å². The van der Waals surface area contributed by atoms with Gasteiger partial charge in [0.15, 0.2) is 0 Å². The number of nitrogens with two attached hydrogens (primary N) is 1. The molecule has 1 unspecified atom stereocenters. The number of rotatable bonds is 6. The lowest BCUT2D eigenvalue weighted by Gasteiger charge is -2.16. The van der Waals surface area contributed by atoms with Gasteiger partial charge in [-0.15, -0.1) is 0 Å². The fourth-order valence-electron chi connectivity index (χ4n) is 1.92. The molecule has 0 heterocycles. The van der Waals surface area contributed by atoms with Crippen molar-refractivity contribution in [3.63, 3.8) is 0 Å². The number of anilines is 1. The molecule has 0 aliphatic rings. The lowest BCUT2D eigenvalue weighted by Crippen LogP contribution is -2.34. The molecule has 1 atom stereocenters. The van der Waals surface area contributed by atoms with Gasteiger partial charge in [0.1, 0.15) is 5.82 Å². The summed E-state index contributed by atoms with van der Waals surface area (Å²) in [6, 6.07) is 2.25. The third-order valence-electron chi connectivity index (χ3n) is 2.95. The van der Waals surface area contributed by atoms with Crippen LogP contribution in [0.15, 0.2) is 12.1 Å². The monoisotopic (exact) mass is 316 g/mol. The van der Waals surface area contributed by atoms with Crippen LogP contribution in [0.1, 0.15) is 30.6 Å². The Bertz CT molecular complexity index is 549. The van der Waals surface area contributed by atoms with E-state index in [-0.39, 0.29) is 28.7 Å². The number of hydrogen-bond acceptors (Lipinski definition) is 3. The van der Waals surface area contributed by atoms with Crippen molar-refractivity contribution in [1.82, 2.24) is 5.32 Å². The standard InChI is InChI=1S/C14H18ClFN2O3/c1-7(2)3-8(14(20)21)6-18-13(19)10-4-9(15)5-11(16)12(10)17/h4-5,7-8H,3,6,17H2,1-2H3,(H,18,19)(H,20,21). The smallest absolute Gasteiger partial charge is 0.308 e. The van der Waals surface area contributed by atoms with E-state index in [9.17, 15) is 14.0 Å². The molecule has 0 radical (unpaired) electrons. The van der Waals surface area contributed by atoms with E-state index in [1.165, 1.54) is 6.07 Å². The first-order valence-corrected chi connectivity index (χ1v) is 6.85. The van der Waals surface area contributed by atoms with E-state index in [4.69, 9.17) is 22.4 Å². The summed E-state index contributed by atoms with van der Waals surface area (Å²) in [6.07, 6.45) is 0.426. The second kappa shape index (κ2) is 7.26. The highest BCUT2D eigenvalue weighted by atomic mass is 35.5. The van der Waals surface area contributed by atoms with Crippen LogP contribution in [0.4, 0.5) is 10.1 Å². The van der Waals surface area contributed by atoms with Crippen LogP contribution in [-0.4, -0.2) is 23.5 Å². The molecule has 4 N–H and O–H groups in total. The van der Waals surface area contributed by atoms with Crippen molar-refractivity contribution in [2.45, 2.75) is 20.3 Å². The Morgan fingerprint density at radius 1 is 1.43 bits per heavy atom. The summed E-state index contributed by atoms with van der Waals surface area (Å²) in [6.45, 7) is 3.73. The number of carboxylic acids is 1. The van der Waals surface area contributed by atoms with Crippen LogP contribution in [0.3, 0.4) is 0 Å². The van der Waals surface area contributed by atoms with Crippen LogP contribution in [0.5, 0.6) is 0 Å². The van der Waals surface area contributed by atoms with Gasteiger partial charge in [-0.1, -0.05) is 25.4 Å². The molecule has 1 rings (SSSR count). The molecular formula is C14H18ClFN2O3. The molecule has 1 amide bonds. The topological polar surface area (TPSA) is 92.4 Å². The van der Waals surface area contributed by atoms with Crippen LogP contribution in [0.25, 0.3) is 0 Å². The summed E-state index contributed by atoms with van der Waals surface area (Å²) in [5.74, 6) is -2.96. The number of nitrogen functional groups attached to an aromatic ring is 1. The number of carbonyl (C=O) groups is 2. The summed E-state index contributed by atoms with van der Waals surface area (Å²) < 4.78 is 13.4. The van der Waals surface area contributed by atoms with Crippen LogP contribution in [-0.2, 0) is 4.79 Å². The zero-order valence-corrected chi connectivity index (χ0v) is 12.6. The van der Waals surface area contributed by atoms with Gasteiger partial charge in [-0.05, 0) is 24.5 Å². The zero-order valence-electron chi connectivity index (χ0n) is 11.8. The molecule has 0 aliphatic carbocycles. The van der Waals surface area contributed by atoms with Crippen molar-refractivity contribution in [3.05, 3.63) is 28.5 Å². The van der Waals surface area contributed by atoms with E-state index < -0.39 is 23.6 Å². The van der Waals surface area contributed by atoms with Gasteiger partial charge in [0.25, 0.3) is 5.91 Å². The average molecular weight is 317 g/mol. The van der Waals surface area contributed by atoms with E-state index in [0.29, 0.717) is 6.42 Å². The summed E-state index contributed by atoms with van der Waals surface area (Å²) in [5.41, 5.74) is 5.07. The first-order valence-electron chi connectivity index (χ1n) is 6.47. The SMILES string of the molecule is CC(C)CC(CNC(=O)c1cc(Cl)cc(F)c1N)C(=O)O. The molecule has 0 bridgehead atoms. The minimum atomic E-state index is -0.991. The minimum absolute atomic E-state index is 0.0452. The first-order chi connectivity index (χ1) is 9.72. The maximum atomic E-state index is 13.4. The van der Waals surface area contributed by atoms with Crippen LogP contribution >= 0.6 is 11.6 Å². The number of carboxylic acid groups (broad SMARTS) is 1. The predicted octanol–water partition coefficient (Wildman–Crippen LogP) is 2.54. The molecule has 0 saturated heterocycles. The second-order valence-electron chi connectivity index (χ2n) is 5.22. The van der Waals surface area contributed by atoms with E-state index in [1.54, 1.807) is 0 Å². The van der Waals surface area contributed by atoms with Crippen molar-refractivity contribution in [2.75, 3.05) is 12.3 Å². The molecule has 0 aromatic heterocycles. The van der Waals surface area contributed by atoms with Gasteiger partial charge in [-0.3, -0.25) is 9.59 Å². The Morgan fingerprint density at radius 2 is 2.05 bits per heavy atom. The molecule has 0 saturated carbocycles. The quantitative estimate of drug-likeness (QED) is 0.703. The Hall–Kier alpha value is -1.82. The number of hydrogen-bond donors (Lipinski definition) is 3. The number of amides is 1. The molecule has 0 fully saturated rings. The molecule has 0 aliphatic heterocycles. The van der Waals surface area contributed by atoms with Gasteiger partial charge >= 0.3 is 5.97 Å². The molecule has 1 aromatic rings. The van der Waals surface area contributed by atoms with E-state index >= 15 is 0 Å². The maximum absolute atomic E-state index is 13.4. The fourth-order valence-corrected chi connectivity index (χ4v) is 2.13. The summed E-state index contributed by atoms with van der Waals surface area (Å²) in [5, 5.41) is 11.6. The molecule has 5 nitrogen and oxygen atoms in total. The molecular weight excluding hydrogens is 299 g/mol. The number of carbonyl (C=O) groups excluding carboxylic acids is 1. The normalized spacial score (nSPS) is 12.2. The van der Waals surface area contributed by atoms with E-state index in [2.05, 4.69) is 5.32 Å². The lowest BCUT2D eigenvalue weighted by atomic mass is 9.97. The Labute approximate surface area is 127 Å². The molecule has 21 heavy (non-hydrogen) atoms. The third-order valence-corrected chi connectivity index (χ3v) is 3.17. The summed E-state index contributed by atoms with van der Waals surface area (Å²) in [4.78, 5) is 23.1. The van der Waals surface area contributed by atoms with Crippen molar-refractivity contribution < 1.29 is 19.1 Å². The number of benzene rings is 1. The maximum Gasteiger partial charge on any atom is 0.308 e. The van der Waals surface area contributed by atoms with Crippen molar-refractivity contribution in [2.24, 2.45) is 11.8 Å². The van der Waals surface area contributed by atoms with Gasteiger partial charge in [-0.2, -0.15) is 0 Å². The number of aliphatic carboxylic acids is 1. The van der Waals surface area contributed by atoms with Crippen molar-refractivity contribution in [1.29, 1.82) is 0 Å². The van der Waals surface area contributed by atoms with Gasteiger partial charge in [0.05, 0.1) is 17.2 Å². The fraction of sp³-hybridized carbons (Fsp3) is 0.429. The average Bonchev–Trinajstić information content (AvgIpc) is 2.37. The molecule has 116 valence electrons. The largest absolute Gasteiger partial charge is 0.481 e. The highest BCUT2D eigenvalue weighted by molar-refractivity contribution is 6.31. The van der Waals surface area contributed by atoms with Crippen LogP contribution < -0.4 is 11.1 Å². The van der Waals surface area contributed by atoms with Crippen LogP contribution in [0, 0.1) is 17.7 Å². The first kappa shape index (κ1) is 17.2. The van der Waals surface area contributed by atoms with E-state index in [1.807, 2.05) is 13.8 Å². The van der Waals surface area contributed by atoms with Crippen LogP contribution in [0.2, 0.25) is 5.02 Å². The van der Waals surface area contributed by atoms with Gasteiger partial charge in [0.2, 0.25) is 0 Å². The number of nitrogens with one attached hydrogen (secondary N) is 1. The summed E-state index contributed by atoms with van der Waals surface area (Å²) in [7, 11) is 0. The van der Waals surface area contributed by atoms with E-state index in [0.717, 1.165) is 6.07 Å². The summed E-state index contributed by atoms with van der Waals surface area (Å²) >= 11 is 5.68. The van der Waals surface area contributed by atoms with Crippen molar-refractivity contribution >= 4 is 29.2 Å². The predicted molar refractivity (Wildman–Crippen MR) is 78.7 cm³/mol. The van der Waals surface area contributed by atoms with Gasteiger partial charge in [-0.25, -0.2) is 4.39 Å². The second-order valence-corrected chi connectivity index (χ2v) is 5.66. The van der Waals surface area contributed by atoms with Gasteiger partial charge < -0.3 is 16.2 Å². The minimum Gasteiger partial charge on any atom is -0.481 e. The lowest BCUT2D eigenvalue weighted by molar-refractivity contribution is -0.142. The Balaban J connectivity index is 2.79. The highest BCUT2D eigenvalue weighted by Crippen LogP contribution is 2.22. The molecule has 0 spiro atoms. The van der Waals surface area contributed by atoms with Crippen molar-refractivity contribution in [3.8, 4) is 0 Å². The zero-order chi connectivity index (χ0) is 16.2. The third kappa shape index (κ3) is 4.90.